The second-order valence-corrected chi connectivity index (χ2v) is 5.40. The van der Waals surface area contributed by atoms with Crippen LogP contribution in [0.2, 0.25) is 0 Å². The van der Waals surface area contributed by atoms with Crippen LogP contribution < -0.4 is 5.32 Å². The first-order chi connectivity index (χ1) is 8.76. The molecule has 1 fully saturated rings. The van der Waals surface area contributed by atoms with Crippen LogP contribution >= 0.6 is 0 Å². The molecule has 0 bridgehead atoms. The fourth-order valence-electron chi connectivity index (χ4n) is 3.08. The normalized spacial score (nSPS) is 25.6. The number of rotatable bonds is 4. The third-order valence-electron chi connectivity index (χ3n) is 4.14. The highest BCUT2D eigenvalue weighted by molar-refractivity contribution is 5.20. The Balaban J connectivity index is 2.20. The lowest BCUT2D eigenvalue weighted by Crippen LogP contribution is -2.54. The van der Waals surface area contributed by atoms with Gasteiger partial charge in [0.2, 0.25) is 0 Å². The predicted molar refractivity (Wildman–Crippen MR) is 77.7 cm³/mol. The Hall–Kier alpha value is -0.860. The van der Waals surface area contributed by atoms with E-state index in [1.807, 2.05) is 0 Å². The zero-order valence-corrected chi connectivity index (χ0v) is 11.9. The van der Waals surface area contributed by atoms with E-state index in [9.17, 15) is 0 Å². The van der Waals surface area contributed by atoms with Gasteiger partial charge >= 0.3 is 0 Å². The zero-order chi connectivity index (χ0) is 13.0. The molecule has 0 saturated carbocycles. The summed E-state index contributed by atoms with van der Waals surface area (Å²) in [5.41, 5.74) is 1.45. The Bertz CT molecular complexity index is 345. The summed E-state index contributed by atoms with van der Waals surface area (Å²) in [6.45, 7) is 9.13. The standard InChI is InChI=1S/C16H26N2/c1-4-15(5-2)18-12-13(3)17-11-16(18)14-9-7-6-8-10-14/h6-10,13,15-17H,4-5,11-12H2,1-3H3. The molecule has 0 amide bonds. The maximum absolute atomic E-state index is 3.62. The molecule has 18 heavy (non-hydrogen) atoms. The molecule has 1 N–H and O–H groups in total. The molecular formula is C16H26N2. The van der Waals surface area contributed by atoms with E-state index in [2.05, 4.69) is 61.3 Å². The summed E-state index contributed by atoms with van der Waals surface area (Å²) in [7, 11) is 0. The van der Waals surface area contributed by atoms with E-state index in [0.29, 0.717) is 18.1 Å². The number of piperazine rings is 1. The molecule has 1 aliphatic rings. The van der Waals surface area contributed by atoms with E-state index in [-0.39, 0.29) is 0 Å². The molecule has 1 heterocycles. The van der Waals surface area contributed by atoms with Gasteiger partial charge in [-0.25, -0.2) is 0 Å². The van der Waals surface area contributed by atoms with E-state index in [0.717, 1.165) is 13.1 Å². The van der Waals surface area contributed by atoms with Crippen molar-refractivity contribution in [1.29, 1.82) is 0 Å². The molecule has 2 heteroatoms. The van der Waals surface area contributed by atoms with Gasteiger partial charge in [0.15, 0.2) is 0 Å². The van der Waals surface area contributed by atoms with Gasteiger partial charge in [-0.2, -0.15) is 0 Å². The van der Waals surface area contributed by atoms with E-state index in [4.69, 9.17) is 0 Å². The fourth-order valence-corrected chi connectivity index (χ4v) is 3.08. The first kappa shape index (κ1) is 13.6. The first-order valence-electron chi connectivity index (χ1n) is 7.30. The molecule has 0 aliphatic carbocycles. The summed E-state index contributed by atoms with van der Waals surface area (Å²) < 4.78 is 0. The van der Waals surface area contributed by atoms with Gasteiger partial charge in [0, 0.05) is 31.2 Å². The monoisotopic (exact) mass is 246 g/mol. The van der Waals surface area contributed by atoms with Gasteiger partial charge in [0.05, 0.1) is 0 Å². The highest BCUT2D eigenvalue weighted by Crippen LogP contribution is 2.27. The highest BCUT2D eigenvalue weighted by atomic mass is 15.3. The van der Waals surface area contributed by atoms with Crippen LogP contribution in [0.5, 0.6) is 0 Å². The van der Waals surface area contributed by atoms with Crippen LogP contribution in [-0.4, -0.2) is 30.1 Å². The Morgan fingerprint density at radius 3 is 2.50 bits per heavy atom. The van der Waals surface area contributed by atoms with Crippen molar-refractivity contribution >= 4 is 0 Å². The molecule has 100 valence electrons. The number of nitrogens with zero attached hydrogens (tertiary/aromatic N) is 1. The highest BCUT2D eigenvalue weighted by Gasteiger charge is 2.30. The second kappa shape index (κ2) is 6.35. The van der Waals surface area contributed by atoms with Gasteiger partial charge in [-0.3, -0.25) is 4.90 Å². The molecular weight excluding hydrogens is 220 g/mol. The Labute approximate surface area is 111 Å². The first-order valence-corrected chi connectivity index (χ1v) is 7.30. The van der Waals surface area contributed by atoms with Crippen LogP contribution in [0.3, 0.4) is 0 Å². The van der Waals surface area contributed by atoms with E-state index in [1.165, 1.54) is 18.4 Å². The predicted octanol–water partition coefficient (Wildman–Crippen LogP) is 3.21. The van der Waals surface area contributed by atoms with Crippen LogP contribution in [0.1, 0.15) is 45.2 Å². The average Bonchev–Trinajstić information content (AvgIpc) is 2.41. The number of hydrogen-bond donors (Lipinski definition) is 1. The third kappa shape index (κ3) is 2.93. The second-order valence-electron chi connectivity index (χ2n) is 5.40. The lowest BCUT2D eigenvalue weighted by molar-refractivity contribution is 0.0801. The Morgan fingerprint density at radius 2 is 1.89 bits per heavy atom. The maximum Gasteiger partial charge on any atom is 0.0476 e. The van der Waals surface area contributed by atoms with Crippen LogP contribution in [0.4, 0.5) is 0 Å². The van der Waals surface area contributed by atoms with Crippen molar-refractivity contribution in [1.82, 2.24) is 10.2 Å². The lowest BCUT2D eigenvalue weighted by atomic mass is 9.97. The van der Waals surface area contributed by atoms with Crippen molar-refractivity contribution < 1.29 is 0 Å². The minimum atomic E-state index is 0.535. The van der Waals surface area contributed by atoms with Gasteiger partial charge in [-0.05, 0) is 25.3 Å². The molecule has 0 spiro atoms. The molecule has 2 atom stereocenters. The Morgan fingerprint density at radius 1 is 1.22 bits per heavy atom. The quantitative estimate of drug-likeness (QED) is 0.877. The van der Waals surface area contributed by atoms with Crippen molar-refractivity contribution in [3.63, 3.8) is 0 Å². The molecule has 1 aromatic carbocycles. The lowest BCUT2D eigenvalue weighted by Gasteiger charge is -2.44. The molecule has 0 aromatic heterocycles. The molecule has 0 radical (unpaired) electrons. The minimum absolute atomic E-state index is 0.535. The third-order valence-corrected chi connectivity index (χ3v) is 4.14. The summed E-state index contributed by atoms with van der Waals surface area (Å²) >= 11 is 0. The molecule has 2 unspecified atom stereocenters. The van der Waals surface area contributed by atoms with Crippen molar-refractivity contribution in [2.24, 2.45) is 0 Å². The van der Waals surface area contributed by atoms with Crippen LogP contribution in [0, 0.1) is 0 Å². The largest absolute Gasteiger partial charge is 0.311 e. The smallest absolute Gasteiger partial charge is 0.0476 e. The summed E-state index contributed by atoms with van der Waals surface area (Å²) in [4.78, 5) is 2.70. The number of benzene rings is 1. The topological polar surface area (TPSA) is 15.3 Å². The average molecular weight is 246 g/mol. The molecule has 1 aliphatic heterocycles. The number of hydrogen-bond acceptors (Lipinski definition) is 2. The van der Waals surface area contributed by atoms with Crippen molar-refractivity contribution in [3.8, 4) is 0 Å². The van der Waals surface area contributed by atoms with Crippen molar-refractivity contribution in [3.05, 3.63) is 35.9 Å². The zero-order valence-electron chi connectivity index (χ0n) is 11.9. The van der Waals surface area contributed by atoms with Crippen molar-refractivity contribution in [2.45, 2.75) is 51.7 Å². The molecule has 2 rings (SSSR count). The van der Waals surface area contributed by atoms with E-state index >= 15 is 0 Å². The minimum Gasteiger partial charge on any atom is -0.311 e. The van der Waals surface area contributed by atoms with Crippen molar-refractivity contribution in [2.75, 3.05) is 13.1 Å². The van der Waals surface area contributed by atoms with Crippen LogP contribution in [-0.2, 0) is 0 Å². The number of nitrogens with one attached hydrogen (secondary N) is 1. The molecule has 1 saturated heterocycles. The summed E-state index contributed by atoms with van der Waals surface area (Å²) in [6.07, 6.45) is 2.49. The maximum atomic E-state index is 3.62. The summed E-state index contributed by atoms with van der Waals surface area (Å²) in [6, 6.07) is 12.8. The van der Waals surface area contributed by atoms with Gasteiger partial charge in [-0.15, -0.1) is 0 Å². The fraction of sp³-hybridized carbons (Fsp3) is 0.625. The van der Waals surface area contributed by atoms with E-state index in [1.54, 1.807) is 0 Å². The van der Waals surface area contributed by atoms with Gasteiger partial charge < -0.3 is 5.32 Å². The molecule has 2 nitrogen and oxygen atoms in total. The molecule has 1 aromatic rings. The van der Waals surface area contributed by atoms with Crippen LogP contribution in [0.15, 0.2) is 30.3 Å². The SMILES string of the molecule is CCC(CC)N1CC(C)NCC1c1ccccc1. The van der Waals surface area contributed by atoms with Gasteiger partial charge in [0.25, 0.3) is 0 Å². The van der Waals surface area contributed by atoms with E-state index < -0.39 is 0 Å². The van der Waals surface area contributed by atoms with Crippen LogP contribution in [0.25, 0.3) is 0 Å². The Kier molecular flexibility index (Phi) is 4.79. The summed E-state index contributed by atoms with van der Waals surface area (Å²) in [5, 5.41) is 3.62. The van der Waals surface area contributed by atoms with Gasteiger partial charge in [0.1, 0.15) is 0 Å². The summed E-state index contributed by atoms with van der Waals surface area (Å²) in [5.74, 6) is 0. The van der Waals surface area contributed by atoms with Gasteiger partial charge in [-0.1, -0.05) is 44.2 Å².